The Labute approximate surface area is 99.1 Å². The Bertz CT molecular complexity index is 300. The maximum Gasteiger partial charge on any atom is 0.0716 e. The zero-order valence-corrected chi connectivity index (χ0v) is 10.4. The van der Waals surface area contributed by atoms with Gasteiger partial charge in [-0.05, 0) is 38.7 Å². The Hall–Kier alpha value is -1.08. The number of hydrogen-bond acceptors (Lipinski definition) is 1. The van der Waals surface area contributed by atoms with E-state index < -0.39 is 0 Å². The third-order valence-corrected chi connectivity index (χ3v) is 2.71. The molecule has 0 fully saturated rings. The second-order valence-corrected chi connectivity index (χ2v) is 4.13. The van der Waals surface area contributed by atoms with E-state index in [1.807, 2.05) is 18.2 Å². The molecule has 0 aliphatic heterocycles. The van der Waals surface area contributed by atoms with Crippen molar-refractivity contribution >= 4 is 0 Å². The maximum atomic E-state index is 5.62. The number of unbranched alkanes of at least 4 members (excludes halogenated alkanes) is 1. The summed E-state index contributed by atoms with van der Waals surface area (Å²) in [6.07, 6.45) is 5.76. The fourth-order valence-electron chi connectivity index (χ4n) is 1.52. The highest BCUT2D eigenvalue weighted by atomic mass is 16.5. The van der Waals surface area contributed by atoms with Gasteiger partial charge in [0, 0.05) is 6.61 Å². The average Bonchev–Trinajstić information content (AvgIpc) is 2.34. The lowest BCUT2D eigenvalue weighted by atomic mass is 10.1. The molecule has 0 N–H and O–H groups in total. The quantitative estimate of drug-likeness (QED) is 0.488. The van der Waals surface area contributed by atoms with Crippen molar-refractivity contribution in [2.45, 2.75) is 39.7 Å². The number of rotatable bonds is 7. The topological polar surface area (TPSA) is 9.23 Å². The summed E-state index contributed by atoms with van der Waals surface area (Å²) in [5.41, 5.74) is 2.73. The molecule has 0 radical (unpaired) electrons. The summed E-state index contributed by atoms with van der Waals surface area (Å²) in [5, 5.41) is 0. The van der Waals surface area contributed by atoms with E-state index >= 15 is 0 Å². The predicted octanol–water partition coefficient (Wildman–Crippen LogP) is 4.34. The molecule has 1 nitrogen and oxygen atoms in total. The van der Waals surface area contributed by atoms with Gasteiger partial charge >= 0.3 is 0 Å². The molecule has 0 saturated heterocycles. The SMILES string of the molecule is CC=C(C)CCCCOCc1ccccc1. The van der Waals surface area contributed by atoms with Gasteiger partial charge in [-0.15, -0.1) is 0 Å². The summed E-state index contributed by atoms with van der Waals surface area (Å²) < 4.78 is 5.62. The summed E-state index contributed by atoms with van der Waals surface area (Å²) in [6.45, 7) is 5.89. The van der Waals surface area contributed by atoms with Crippen LogP contribution in [0.4, 0.5) is 0 Å². The third kappa shape index (κ3) is 5.72. The van der Waals surface area contributed by atoms with E-state index in [9.17, 15) is 0 Å². The summed E-state index contributed by atoms with van der Waals surface area (Å²) in [7, 11) is 0. The molecule has 0 atom stereocenters. The Morgan fingerprint density at radius 3 is 2.62 bits per heavy atom. The van der Waals surface area contributed by atoms with Crippen molar-refractivity contribution in [2.24, 2.45) is 0 Å². The van der Waals surface area contributed by atoms with E-state index in [0.717, 1.165) is 19.6 Å². The Kier molecular flexibility index (Phi) is 6.59. The van der Waals surface area contributed by atoms with Gasteiger partial charge in [0.25, 0.3) is 0 Å². The van der Waals surface area contributed by atoms with Gasteiger partial charge in [0.05, 0.1) is 6.61 Å². The summed E-state index contributed by atoms with van der Waals surface area (Å²) in [5.74, 6) is 0. The van der Waals surface area contributed by atoms with E-state index in [0.29, 0.717) is 0 Å². The van der Waals surface area contributed by atoms with E-state index in [1.54, 1.807) is 0 Å². The zero-order valence-electron chi connectivity index (χ0n) is 10.4. The van der Waals surface area contributed by atoms with E-state index in [2.05, 4.69) is 32.1 Å². The summed E-state index contributed by atoms with van der Waals surface area (Å²) in [4.78, 5) is 0. The summed E-state index contributed by atoms with van der Waals surface area (Å²) in [6, 6.07) is 10.3. The minimum atomic E-state index is 0.740. The minimum Gasteiger partial charge on any atom is -0.377 e. The van der Waals surface area contributed by atoms with Crippen molar-refractivity contribution in [1.82, 2.24) is 0 Å². The van der Waals surface area contributed by atoms with Crippen molar-refractivity contribution in [3.63, 3.8) is 0 Å². The fraction of sp³-hybridized carbons (Fsp3) is 0.467. The van der Waals surface area contributed by atoms with Crippen molar-refractivity contribution in [3.8, 4) is 0 Å². The van der Waals surface area contributed by atoms with Crippen molar-refractivity contribution in [1.29, 1.82) is 0 Å². The lowest BCUT2D eigenvalue weighted by Crippen LogP contribution is -1.95. The average molecular weight is 218 g/mol. The highest BCUT2D eigenvalue weighted by Crippen LogP contribution is 2.07. The van der Waals surface area contributed by atoms with Crippen LogP contribution in [-0.4, -0.2) is 6.61 Å². The number of hydrogen-bond donors (Lipinski definition) is 0. The molecule has 0 unspecified atom stereocenters. The standard InChI is InChI=1S/C15H22O/c1-3-14(2)9-7-8-12-16-13-15-10-5-4-6-11-15/h3-6,10-11H,7-9,12-13H2,1-2H3. The van der Waals surface area contributed by atoms with E-state index in [1.165, 1.54) is 24.0 Å². The largest absolute Gasteiger partial charge is 0.377 e. The smallest absolute Gasteiger partial charge is 0.0716 e. The van der Waals surface area contributed by atoms with Gasteiger partial charge in [-0.1, -0.05) is 42.0 Å². The molecular weight excluding hydrogens is 196 g/mol. The normalized spacial score (nSPS) is 11.8. The molecule has 0 spiro atoms. The van der Waals surface area contributed by atoms with E-state index in [-0.39, 0.29) is 0 Å². The van der Waals surface area contributed by atoms with Gasteiger partial charge in [-0.3, -0.25) is 0 Å². The van der Waals surface area contributed by atoms with Crippen LogP contribution in [0.5, 0.6) is 0 Å². The second kappa shape index (κ2) is 8.12. The molecule has 1 aromatic rings. The molecule has 0 amide bonds. The lowest BCUT2D eigenvalue weighted by Gasteiger charge is -2.04. The van der Waals surface area contributed by atoms with Crippen LogP contribution >= 0.6 is 0 Å². The molecule has 0 aromatic heterocycles. The Morgan fingerprint density at radius 1 is 1.19 bits per heavy atom. The van der Waals surface area contributed by atoms with Gasteiger partial charge in [0.1, 0.15) is 0 Å². The third-order valence-electron chi connectivity index (χ3n) is 2.71. The zero-order chi connectivity index (χ0) is 11.6. The lowest BCUT2D eigenvalue weighted by molar-refractivity contribution is 0.117. The molecule has 0 saturated carbocycles. The predicted molar refractivity (Wildman–Crippen MR) is 69.4 cm³/mol. The molecular formula is C15H22O. The van der Waals surface area contributed by atoms with Crippen LogP contribution in [0.1, 0.15) is 38.7 Å². The molecule has 0 aliphatic carbocycles. The number of benzene rings is 1. The minimum absolute atomic E-state index is 0.740. The van der Waals surface area contributed by atoms with Gasteiger partial charge in [-0.2, -0.15) is 0 Å². The fourth-order valence-corrected chi connectivity index (χ4v) is 1.52. The molecule has 1 aromatic carbocycles. The Balaban J connectivity index is 2.01. The molecule has 0 heterocycles. The highest BCUT2D eigenvalue weighted by Gasteiger charge is 1.93. The van der Waals surface area contributed by atoms with Crippen LogP contribution in [0.2, 0.25) is 0 Å². The van der Waals surface area contributed by atoms with Crippen molar-refractivity contribution in [3.05, 3.63) is 47.5 Å². The molecule has 16 heavy (non-hydrogen) atoms. The van der Waals surface area contributed by atoms with Crippen LogP contribution in [0.25, 0.3) is 0 Å². The monoisotopic (exact) mass is 218 g/mol. The van der Waals surface area contributed by atoms with Gasteiger partial charge in [0.15, 0.2) is 0 Å². The molecule has 1 rings (SSSR count). The van der Waals surface area contributed by atoms with Crippen LogP contribution in [-0.2, 0) is 11.3 Å². The highest BCUT2D eigenvalue weighted by molar-refractivity contribution is 5.13. The molecule has 0 aliphatic rings. The molecule has 88 valence electrons. The van der Waals surface area contributed by atoms with Crippen LogP contribution < -0.4 is 0 Å². The molecule has 1 heteroatoms. The van der Waals surface area contributed by atoms with Crippen molar-refractivity contribution < 1.29 is 4.74 Å². The number of allylic oxidation sites excluding steroid dienone is 2. The number of ether oxygens (including phenoxy) is 1. The first-order chi connectivity index (χ1) is 7.83. The van der Waals surface area contributed by atoms with Crippen molar-refractivity contribution in [2.75, 3.05) is 6.61 Å². The van der Waals surface area contributed by atoms with Crippen LogP contribution in [0.15, 0.2) is 42.0 Å². The van der Waals surface area contributed by atoms with Crippen LogP contribution in [0, 0.1) is 0 Å². The first kappa shape index (κ1) is 13.0. The first-order valence-electron chi connectivity index (χ1n) is 6.06. The Morgan fingerprint density at radius 2 is 1.94 bits per heavy atom. The summed E-state index contributed by atoms with van der Waals surface area (Å²) >= 11 is 0. The van der Waals surface area contributed by atoms with E-state index in [4.69, 9.17) is 4.74 Å². The molecule has 0 bridgehead atoms. The van der Waals surface area contributed by atoms with Gasteiger partial charge < -0.3 is 4.74 Å². The second-order valence-electron chi connectivity index (χ2n) is 4.13. The van der Waals surface area contributed by atoms with Crippen LogP contribution in [0.3, 0.4) is 0 Å². The first-order valence-corrected chi connectivity index (χ1v) is 6.06. The maximum absolute atomic E-state index is 5.62. The van der Waals surface area contributed by atoms with Gasteiger partial charge in [0.2, 0.25) is 0 Å². The van der Waals surface area contributed by atoms with Gasteiger partial charge in [-0.25, -0.2) is 0 Å².